The van der Waals surface area contributed by atoms with Gasteiger partial charge in [0, 0.05) is 43.0 Å². The minimum absolute atomic E-state index is 0.0935. The van der Waals surface area contributed by atoms with Crippen LogP contribution in [0.5, 0.6) is 5.75 Å². The van der Waals surface area contributed by atoms with Gasteiger partial charge in [0.1, 0.15) is 5.75 Å². The molecule has 2 atom stereocenters. The largest absolute Gasteiger partial charge is 0.461 e. The van der Waals surface area contributed by atoms with Crippen molar-refractivity contribution in [1.29, 1.82) is 5.26 Å². The van der Waals surface area contributed by atoms with Crippen LogP contribution in [0.3, 0.4) is 0 Å². The molecule has 0 bridgehead atoms. The first-order chi connectivity index (χ1) is 18.7. The summed E-state index contributed by atoms with van der Waals surface area (Å²) in [5.41, 5.74) is 6.34. The number of ether oxygens (including phenoxy) is 1. The molecule has 0 saturated carbocycles. The van der Waals surface area contributed by atoms with E-state index in [-0.39, 0.29) is 11.8 Å². The molecule has 0 amide bonds. The second-order valence-electron chi connectivity index (χ2n) is 9.36. The average Bonchev–Trinajstić information content (AvgIpc) is 3.43. The summed E-state index contributed by atoms with van der Waals surface area (Å²) in [6.07, 6.45) is 3.40. The van der Waals surface area contributed by atoms with Gasteiger partial charge in [0.15, 0.2) is 0 Å². The summed E-state index contributed by atoms with van der Waals surface area (Å²) in [6.45, 7) is 1.54. The van der Waals surface area contributed by atoms with Crippen LogP contribution in [0, 0.1) is 11.3 Å². The van der Waals surface area contributed by atoms with E-state index in [1.165, 1.54) is 11.1 Å². The van der Waals surface area contributed by atoms with Gasteiger partial charge in [0.05, 0.1) is 23.4 Å². The van der Waals surface area contributed by atoms with Crippen LogP contribution in [0.4, 0.5) is 0 Å². The number of rotatable bonds is 7. The van der Waals surface area contributed by atoms with E-state index >= 15 is 0 Å². The quantitative estimate of drug-likeness (QED) is 0.360. The van der Waals surface area contributed by atoms with Gasteiger partial charge in [-0.15, -0.1) is 0 Å². The zero-order valence-corrected chi connectivity index (χ0v) is 20.6. The zero-order valence-electron chi connectivity index (χ0n) is 20.6. The summed E-state index contributed by atoms with van der Waals surface area (Å²) in [4.78, 5) is 17.6. The lowest BCUT2D eigenvalue weighted by atomic mass is 9.95. The molecular weight excluding hydrogens is 474 g/mol. The molecule has 0 aliphatic carbocycles. The van der Waals surface area contributed by atoms with Crippen LogP contribution in [0.25, 0.3) is 0 Å². The number of carbonyl (C=O) groups is 1. The van der Waals surface area contributed by atoms with E-state index in [1.807, 2.05) is 36.4 Å². The lowest BCUT2D eigenvalue weighted by molar-refractivity contribution is -0.00455. The van der Waals surface area contributed by atoms with Crippen molar-refractivity contribution in [3.05, 3.63) is 131 Å². The third-order valence-electron chi connectivity index (χ3n) is 6.92. The number of aromatic nitrogens is 1. The molecule has 7 heteroatoms. The van der Waals surface area contributed by atoms with Crippen molar-refractivity contribution >= 4 is 11.5 Å². The molecule has 7 nitrogen and oxygen atoms in total. The van der Waals surface area contributed by atoms with Gasteiger partial charge in [-0.1, -0.05) is 42.5 Å². The normalized spacial score (nSPS) is 17.6. The Balaban J connectivity index is 1.22. The highest BCUT2D eigenvalue weighted by Gasteiger charge is 2.43. The molecule has 2 unspecified atom stereocenters. The number of pyridine rings is 1. The number of para-hydroxylation sites is 1. The fourth-order valence-corrected chi connectivity index (χ4v) is 4.90. The molecule has 38 heavy (non-hydrogen) atoms. The van der Waals surface area contributed by atoms with Gasteiger partial charge in [-0.3, -0.25) is 9.78 Å². The molecule has 0 radical (unpaired) electrons. The Labute approximate surface area is 221 Å². The van der Waals surface area contributed by atoms with Crippen molar-refractivity contribution in [3.63, 3.8) is 0 Å². The summed E-state index contributed by atoms with van der Waals surface area (Å²) in [6, 6.07) is 28.9. The second-order valence-corrected chi connectivity index (χ2v) is 9.36. The van der Waals surface area contributed by atoms with Crippen LogP contribution < -0.4 is 10.1 Å². The zero-order chi connectivity index (χ0) is 25.9. The molecule has 3 aromatic carbocycles. The molecule has 2 aliphatic heterocycles. The van der Waals surface area contributed by atoms with Crippen molar-refractivity contribution in [2.24, 2.45) is 5.10 Å². The van der Waals surface area contributed by atoms with Crippen molar-refractivity contribution in [2.45, 2.75) is 31.8 Å². The van der Waals surface area contributed by atoms with Crippen molar-refractivity contribution < 1.29 is 9.53 Å². The van der Waals surface area contributed by atoms with E-state index in [4.69, 9.17) is 15.1 Å². The molecule has 3 heterocycles. The lowest BCUT2D eigenvalue weighted by Gasteiger charge is -2.37. The number of nitrogens with zero attached hydrogens (tertiary/aromatic N) is 4. The first kappa shape index (κ1) is 23.6. The van der Waals surface area contributed by atoms with Crippen LogP contribution in [-0.4, -0.2) is 27.7 Å². The van der Waals surface area contributed by atoms with E-state index in [2.05, 4.69) is 40.6 Å². The molecular formula is C31H25N5O2. The van der Waals surface area contributed by atoms with E-state index in [9.17, 15) is 4.79 Å². The summed E-state index contributed by atoms with van der Waals surface area (Å²) in [5, 5.41) is 19.3. The Morgan fingerprint density at radius 1 is 0.947 bits per heavy atom. The fourth-order valence-electron chi connectivity index (χ4n) is 4.90. The molecule has 0 saturated heterocycles. The van der Waals surface area contributed by atoms with E-state index in [0.717, 1.165) is 29.9 Å². The predicted octanol–water partition coefficient (Wildman–Crippen LogP) is 5.00. The number of fused-ring (bicyclic) bond motifs is 3. The number of carbonyl (C=O) groups excluding carboxylic acids is 1. The minimum Gasteiger partial charge on any atom is -0.461 e. The number of hydrogen-bond donors (Lipinski definition) is 1. The number of nitriles is 1. The van der Waals surface area contributed by atoms with E-state index in [1.54, 1.807) is 41.7 Å². The van der Waals surface area contributed by atoms with Crippen molar-refractivity contribution in [2.75, 3.05) is 0 Å². The molecule has 6 rings (SSSR count). The van der Waals surface area contributed by atoms with Crippen LogP contribution in [0.2, 0.25) is 0 Å². The summed E-state index contributed by atoms with van der Waals surface area (Å²) < 4.78 is 6.19. The summed E-state index contributed by atoms with van der Waals surface area (Å²) >= 11 is 0. The maximum atomic E-state index is 13.5. The monoisotopic (exact) mass is 499 g/mol. The number of benzene rings is 3. The summed E-state index contributed by atoms with van der Waals surface area (Å²) in [5.74, 6) is 0.516. The van der Waals surface area contributed by atoms with E-state index in [0.29, 0.717) is 23.3 Å². The molecule has 4 aromatic rings. The minimum atomic E-state index is -0.878. The molecule has 1 aromatic heterocycles. The highest BCUT2D eigenvalue weighted by atomic mass is 16.5. The first-order valence-corrected chi connectivity index (χ1v) is 12.5. The van der Waals surface area contributed by atoms with Crippen LogP contribution in [0.15, 0.2) is 102 Å². The maximum Gasteiger partial charge on any atom is 0.251 e. The molecule has 186 valence electrons. The third-order valence-corrected chi connectivity index (χ3v) is 6.92. The Morgan fingerprint density at radius 2 is 1.66 bits per heavy atom. The number of hydrazone groups is 1. The Morgan fingerprint density at radius 3 is 2.39 bits per heavy atom. The molecule has 2 aliphatic rings. The van der Waals surface area contributed by atoms with Gasteiger partial charge in [-0.25, -0.2) is 5.01 Å². The van der Waals surface area contributed by atoms with Gasteiger partial charge in [0.2, 0.25) is 5.78 Å². The highest BCUT2D eigenvalue weighted by molar-refractivity contribution is 6.03. The number of ketones is 1. The Kier molecular flexibility index (Phi) is 6.39. The molecule has 0 fully saturated rings. The predicted molar refractivity (Wildman–Crippen MR) is 143 cm³/mol. The fraction of sp³-hybridized carbons (Fsp3) is 0.161. The Bertz CT molecular complexity index is 1530. The van der Waals surface area contributed by atoms with Crippen LogP contribution in [0.1, 0.15) is 50.6 Å². The molecule has 1 N–H and O–H groups in total. The number of Topliss-reactive ketones (excluding diaryl/α,β-unsaturated/α-hetero) is 1. The smallest absolute Gasteiger partial charge is 0.251 e. The van der Waals surface area contributed by atoms with Crippen molar-refractivity contribution in [1.82, 2.24) is 15.3 Å². The van der Waals surface area contributed by atoms with Crippen molar-refractivity contribution in [3.8, 4) is 11.8 Å². The first-order valence-electron chi connectivity index (χ1n) is 12.5. The highest BCUT2D eigenvalue weighted by Crippen LogP contribution is 2.43. The molecule has 0 spiro atoms. The Hall–Kier alpha value is -4.80. The van der Waals surface area contributed by atoms with Gasteiger partial charge in [0.25, 0.3) is 6.23 Å². The standard InChI is InChI=1S/C31H25N5O2/c32-18-21-5-11-25(12-6-21)30(37)31-36-28(26-3-1-2-4-29(26)38-31)17-27(35-36)24-9-7-22(8-10-24)19-34-20-23-13-15-33-16-14-23/h1-16,28,31,34H,17,19-20H2. The van der Waals surface area contributed by atoms with Crippen LogP contribution in [-0.2, 0) is 13.1 Å². The summed E-state index contributed by atoms with van der Waals surface area (Å²) in [7, 11) is 0. The average molecular weight is 500 g/mol. The van der Waals surface area contributed by atoms with E-state index < -0.39 is 6.23 Å². The second kappa shape index (κ2) is 10.3. The number of hydrogen-bond acceptors (Lipinski definition) is 7. The van der Waals surface area contributed by atoms with Gasteiger partial charge >= 0.3 is 0 Å². The maximum absolute atomic E-state index is 13.5. The number of nitrogens with one attached hydrogen (secondary N) is 1. The van der Waals surface area contributed by atoms with Gasteiger partial charge in [-0.05, 0) is 59.2 Å². The third kappa shape index (κ3) is 4.65. The van der Waals surface area contributed by atoms with Gasteiger partial charge in [-0.2, -0.15) is 10.4 Å². The topological polar surface area (TPSA) is 90.6 Å². The lowest BCUT2D eigenvalue weighted by Crippen LogP contribution is -2.45. The SMILES string of the molecule is N#Cc1ccc(C(=O)C2Oc3ccccc3C3CC(c4ccc(CNCc5ccncc5)cc4)=NN23)cc1. The van der Waals surface area contributed by atoms with Crippen LogP contribution >= 0.6 is 0 Å². The van der Waals surface area contributed by atoms with Gasteiger partial charge < -0.3 is 10.1 Å².